The van der Waals surface area contributed by atoms with Crippen molar-refractivity contribution in [2.45, 2.75) is 49.8 Å². The lowest BCUT2D eigenvalue weighted by Gasteiger charge is -2.09. The summed E-state index contributed by atoms with van der Waals surface area (Å²) in [5.41, 5.74) is 1.10. The summed E-state index contributed by atoms with van der Waals surface area (Å²) in [6, 6.07) is 7.12. The average molecular weight is 289 g/mol. The maximum atomic E-state index is 11.8. The monoisotopic (exact) mass is 288 g/mol. The third kappa shape index (κ3) is 4.62. The highest BCUT2D eigenvalue weighted by atomic mass is 35.5. The minimum Gasteiger partial charge on any atom is -0.224 e. The second-order valence-electron chi connectivity index (χ2n) is 4.55. The molecule has 0 spiro atoms. The molecule has 0 aliphatic carbocycles. The molecule has 0 fully saturated rings. The van der Waals surface area contributed by atoms with Crippen LogP contribution in [0.2, 0.25) is 0 Å². The summed E-state index contributed by atoms with van der Waals surface area (Å²) in [5.74, 6) is 0.209. The van der Waals surface area contributed by atoms with Gasteiger partial charge in [-0.25, -0.2) is 8.42 Å². The highest BCUT2D eigenvalue weighted by molar-refractivity contribution is 7.91. The summed E-state index contributed by atoms with van der Waals surface area (Å²) in [6.45, 7) is 3.98. The van der Waals surface area contributed by atoms with E-state index in [9.17, 15) is 8.42 Å². The van der Waals surface area contributed by atoms with Crippen LogP contribution in [0.4, 0.5) is 0 Å². The van der Waals surface area contributed by atoms with Crippen LogP contribution in [0.3, 0.4) is 0 Å². The van der Waals surface area contributed by atoms with Gasteiger partial charge in [0.25, 0.3) is 0 Å². The number of rotatable bonds is 7. The summed E-state index contributed by atoms with van der Waals surface area (Å²) in [5, 5.41) is 0.132. The predicted octanol–water partition coefficient (Wildman–Crippen LogP) is 3.82. The average Bonchev–Trinajstić information content (AvgIpc) is 2.30. The highest BCUT2D eigenvalue weighted by Gasteiger charge is 2.13. The van der Waals surface area contributed by atoms with Crippen LogP contribution in [0.5, 0.6) is 0 Å². The number of halogens is 1. The van der Waals surface area contributed by atoms with Crippen LogP contribution >= 0.6 is 11.6 Å². The van der Waals surface area contributed by atoms with Crippen molar-refractivity contribution in [3.8, 4) is 0 Å². The smallest absolute Gasteiger partial charge is 0.178 e. The standard InChI is InChI=1S/C14H21ClO2S/c1-3-5-13(15)11-12-6-8-14(9-7-12)18(16,17)10-4-2/h6-9,13H,3-5,10-11H2,1-2H3. The van der Waals surface area contributed by atoms with Gasteiger partial charge in [-0.05, 0) is 37.0 Å². The van der Waals surface area contributed by atoms with Crippen molar-refractivity contribution in [1.29, 1.82) is 0 Å². The Morgan fingerprint density at radius 1 is 1.11 bits per heavy atom. The van der Waals surface area contributed by atoms with E-state index in [1.807, 2.05) is 19.1 Å². The van der Waals surface area contributed by atoms with Crippen LogP contribution in [0.1, 0.15) is 38.7 Å². The number of benzene rings is 1. The van der Waals surface area contributed by atoms with Gasteiger partial charge in [0.05, 0.1) is 10.6 Å². The molecule has 1 aromatic rings. The van der Waals surface area contributed by atoms with Crippen molar-refractivity contribution in [1.82, 2.24) is 0 Å². The molecule has 0 saturated carbocycles. The summed E-state index contributed by atoms with van der Waals surface area (Å²) >= 11 is 6.18. The Morgan fingerprint density at radius 2 is 1.72 bits per heavy atom. The molecule has 0 aliphatic heterocycles. The molecule has 0 N–H and O–H groups in total. The molecule has 0 aliphatic rings. The minimum absolute atomic E-state index is 0.132. The third-order valence-electron chi connectivity index (χ3n) is 2.81. The van der Waals surface area contributed by atoms with Crippen molar-refractivity contribution < 1.29 is 8.42 Å². The van der Waals surface area contributed by atoms with E-state index in [-0.39, 0.29) is 11.1 Å². The van der Waals surface area contributed by atoms with Gasteiger partial charge in [-0.3, -0.25) is 0 Å². The van der Waals surface area contributed by atoms with Crippen molar-refractivity contribution in [2.75, 3.05) is 5.75 Å². The first kappa shape index (κ1) is 15.5. The first-order chi connectivity index (χ1) is 8.49. The summed E-state index contributed by atoms with van der Waals surface area (Å²) < 4.78 is 23.7. The molecular formula is C14H21ClO2S. The van der Waals surface area contributed by atoms with E-state index < -0.39 is 9.84 Å². The maximum absolute atomic E-state index is 11.8. The van der Waals surface area contributed by atoms with E-state index in [4.69, 9.17) is 11.6 Å². The van der Waals surface area contributed by atoms with E-state index in [1.165, 1.54) is 0 Å². The van der Waals surface area contributed by atoms with Crippen LogP contribution in [0.25, 0.3) is 0 Å². The van der Waals surface area contributed by atoms with Gasteiger partial charge in [0.2, 0.25) is 0 Å². The molecule has 1 aromatic carbocycles. The van der Waals surface area contributed by atoms with E-state index >= 15 is 0 Å². The van der Waals surface area contributed by atoms with Gasteiger partial charge in [0.1, 0.15) is 0 Å². The number of alkyl halides is 1. The molecule has 0 heterocycles. The zero-order valence-corrected chi connectivity index (χ0v) is 12.6. The molecule has 0 amide bonds. The van der Waals surface area contributed by atoms with E-state index in [2.05, 4.69) is 6.92 Å². The lowest BCUT2D eigenvalue weighted by molar-refractivity contribution is 0.594. The highest BCUT2D eigenvalue weighted by Crippen LogP contribution is 2.17. The molecule has 18 heavy (non-hydrogen) atoms. The lowest BCUT2D eigenvalue weighted by Crippen LogP contribution is -2.07. The second-order valence-corrected chi connectivity index (χ2v) is 7.28. The fourth-order valence-electron chi connectivity index (χ4n) is 1.89. The van der Waals surface area contributed by atoms with Crippen molar-refractivity contribution in [3.05, 3.63) is 29.8 Å². The van der Waals surface area contributed by atoms with Gasteiger partial charge in [-0.15, -0.1) is 11.6 Å². The van der Waals surface area contributed by atoms with Crippen LogP contribution in [0.15, 0.2) is 29.2 Å². The fraction of sp³-hybridized carbons (Fsp3) is 0.571. The first-order valence-electron chi connectivity index (χ1n) is 6.45. The second kappa shape index (κ2) is 7.15. The molecule has 4 heteroatoms. The maximum Gasteiger partial charge on any atom is 0.178 e. The van der Waals surface area contributed by atoms with Gasteiger partial charge < -0.3 is 0 Å². The molecule has 2 nitrogen and oxygen atoms in total. The van der Waals surface area contributed by atoms with Gasteiger partial charge in [0, 0.05) is 5.38 Å². The predicted molar refractivity (Wildman–Crippen MR) is 77.0 cm³/mol. The molecular weight excluding hydrogens is 268 g/mol. The summed E-state index contributed by atoms with van der Waals surface area (Å²) in [7, 11) is -3.10. The Hall–Kier alpha value is -0.540. The van der Waals surface area contributed by atoms with Crippen LogP contribution < -0.4 is 0 Å². The van der Waals surface area contributed by atoms with Gasteiger partial charge in [-0.2, -0.15) is 0 Å². The topological polar surface area (TPSA) is 34.1 Å². The zero-order valence-electron chi connectivity index (χ0n) is 11.0. The molecule has 1 unspecified atom stereocenters. The Balaban J connectivity index is 2.74. The molecule has 0 radical (unpaired) electrons. The molecule has 0 saturated heterocycles. The molecule has 0 aromatic heterocycles. The normalized spacial score (nSPS) is 13.5. The van der Waals surface area contributed by atoms with Crippen LogP contribution in [0, 0.1) is 0 Å². The quantitative estimate of drug-likeness (QED) is 0.715. The lowest BCUT2D eigenvalue weighted by atomic mass is 10.1. The van der Waals surface area contributed by atoms with Gasteiger partial charge >= 0.3 is 0 Å². The zero-order chi connectivity index (χ0) is 13.6. The van der Waals surface area contributed by atoms with Gasteiger partial charge in [0.15, 0.2) is 9.84 Å². The fourth-order valence-corrected chi connectivity index (χ4v) is 3.61. The number of hydrogen-bond donors (Lipinski definition) is 0. The van der Waals surface area contributed by atoms with E-state index in [1.54, 1.807) is 12.1 Å². The van der Waals surface area contributed by atoms with Crippen molar-refractivity contribution in [3.63, 3.8) is 0 Å². The SMILES string of the molecule is CCCC(Cl)Cc1ccc(S(=O)(=O)CCC)cc1. The van der Waals surface area contributed by atoms with Crippen LogP contribution in [-0.4, -0.2) is 19.5 Å². The summed E-state index contributed by atoms with van der Waals surface area (Å²) in [6.07, 6.45) is 3.49. The number of hydrogen-bond acceptors (Lipinski definition) is 2. The Labute approximate surface area is 115 Å². The Kier molecular flexibility index (Phi) is 6.16. The minimum atomic E-state index is -3.10. The molecule has 1 atom stereocenters. The van der Waals surface area contributed by atoms with Crippen molar-refractivity contribution >= 4 is 21.4 Å². The third-order valence-corrected chi connectivity index (χ3v) is 5.12. The van der Waals surface area contributed by atoms with E-state index in [0.29, 0.717) is 11.3 Å². The molecule has 1 rings (SSSR count). The van der Waals surface area contributed by atoms with Crippen LogP contribution in [-0.2, 0) is 16.3 Å². The Bertz CT molecular complexity index is 451. The number of sulfone groups is 1. The molecule has 102 valence electrons. The first-order valence-corrected chi connectivity index (χ1v) is 8.54. The summed E-state index contributed by atoms with van der Waals surface area (Å²) in [4.78, 5) is 0.412. The largest absolute Gasteiger partial charge is 0.224 e. The molecule has 0 bridgehead atoms. The van der Waals surface area contributed by atoms with E-state index in [0.717, 1.165) is 24.8 Å². The van der Waals surface area contributed by atoms with Gasteiger partial charge in [-0.1, -0.05) is 32.4 Å². The van der Waals surface area contributed by atoms with Crippen molar-refractivity contribution in [2.24, 2.45) is 0 Å². The Morgan fingerprint density at radius 3 is 2.22 bits per heavy atom.